The minimum Gasteiger partial charge on any atom is -0.381 e. The standard InChI is InChI=1S/C30H35F6NO4S/c1-26-15-13-20(41-42(39,40)30(34,35)36)17-19(26)9-10-21-22-11-12-24(27(22,2)16-14-23(21)26)25(38)37-28(3,29(31,32)33)18-7-5-4-6-8-18/h4-9,17,21-24H,10-16H2,1-3H3,(H,37,38)/t21-,22-,23-,24+,26-,27-,28?/m0/s1. The van der Waals surface area contributed by atoms with Gasteiger partial charge in [-0.05, 0) is 91.2 Å². The van der Waals surface area contributed by atoms with Crippen molar-refractivity contribution in [2.45, 2.75) is 82.9 Å². The molecule has 1 aromatic rings. The van der Waals surface area contributed by atoms with E-state index in [2.05, 4.69) is 9.50 Å². The van der Waals surface area contributed by atoms with Crippen molar-refractivity contribution in [3.05, 3.63) is 59.4 Å². The summed E-state index contributed by atoms with van der Waals surface area (Å²) in [7, 11) is -5.76. The van der Waals surface area contributed by atoms with Crippen LogP contribution < -0.4 is 5.32 Å². The number of hydrogen-bond acceptors (Lipinski definition) is 4. The Balaban J connectivity index is 1.37. The van der Waals surface area contributed by atoms with Gasteiger partial charge < -0.3 is 9.50 Å². The zero-order valence-corrected chi connectivity index (χ0v) is 24.4. The van der Waals surface area contributed by atoms with Gasteiger partial charge in [0.1, 0.15) is 5.76 Å². The number of alkyl halides is 6. The third-order valence-corrected chi connectivity index (χ3v) is 11.8. The normalized spacial score (nSPS) is 34.6. The predicted octanol–water partition coefficient (Wildman–Crippen LogP) is 7.52. The van der Waals surface area contributed by atoms with Gasteiger partial charge in [-0.1, -0.05) is 50.3 Å². The third-order valence-electron chi connectivity index (χ3n) is 10.8. The Hall–Kier alpha value is -2.50. The topological polar surface area (TPSA) is 72.5 Å². The molecule has 1 unspecified atom stereocenters. The molecule has 12 heteroatoms. The van der Waals surface area contributed by atoms with Gasteiger partial charge in [-0.2, -0.15) is 34.8 Å². The lowest BCUT2D eigenvalue weighted by molar-refractivity contribution is -0.199. The summed E-state index contributed by atoms with van der Waals surface area (Å²) in [6.45, 7) is 5.04. The van der Waals surface area contributed by atoms with Gasteiger partial charge in [0, 0.05) is 12.3 Å². The summed E-state index contributed by atoms with van der Waals surface area (Å²) in [5, 5.41) is 2.38. The maximum Gasteiger partial charge on any atom is 0.534 e. The Kier molecular flexibility index (Phi) is 7.38. The van der Waals surface area contributed by atoms with Crippen molar-refractivity contribution < 1.29 is 43.7 Å². The number of fused-ring (bicyclic) bond motifs is 5. The first kappa shape index (κ1) is 30.9. The van der Waals surface area contributed by atoms with Crippen LogP contribution in [0.15, 0.2) is 53.8 Å². The molecule has 0 aliphatic heterocycles. The van der Waals surface area contributed by atoms with E-state index in [0.29, 0.717) is 38.5 Å². The SMILES string of the molecule is CC(NC(=O)[C@H]1CC[C@H]2[C@@H]3CC=C4C=C(OS(=O)(=O)C(F)(F)F)CC[C@]4(C)[C@H]3CC[C@]12C)(c1ccccc1)C(F)(F)F. The lowest BCUT2D eigenvalue weighted by atomic mass is 9.48. The van der Waals surface area contributed by atoms with Crippen molar-refractivity contribution in [2.24, 2.45) is 34.5 Å². The number of hydrogen-bond donors (Lipinski definition) is 1. The average molecular weight is 620 g/mol. The Morgan fingerprint density at radius 2 is 1.64 bits per heavy atom. The Labute approximate surface area is 241 Å². The van der Waals surface area contributed by atoms with Crippen LogP contribution in [0.1, 0.15) is 71.3 Å². The third kappa shape index (κ3) is 4.85. The zero-order chi connectivity index (χ0) is 30.9. The summed E-state index contributed by atoms with van der Waals surface area (Å²) in [6, 6.07) is 7.36. The van der Waals surface area contributed by atoms with Crippen LogP contribution in [0.3, 0.4) is 0 Å². The maximum absolute atomic E-state index is 14.3. The molecule has 4 aliphatic carbocycles. The number of nitrogens with one attached hydrogen (secondary N) is 1. The van der Waals surface area contributed by atoms with Gasteiger partial charge in [0.2, 0.25) is 5.91 Å². The van der Waals surface area contributed by atoms with Gasteiger partial charge in [-0.3, -0.25) is 4.79 Å². The molecule has 4 aliphatic rings. The number of carbonyl (C=O) groups excluding carboxylic acids is 1. The molecule has 2 fully saturated rings. The Bertz CT molecular complexity index is 1400. The molecule has 0 saturated heterocycles. The fourth-order valence-electron chi connectivity index (χ4n) is 8.40. The van der Waals surface area contributed by atoms with Gasteiger partial charge >= 0.3 is 21.8 Å². The van der Waals surface area contributed by atoms with Gasteiger partial charge in [0.15, 0.2) is 5.54 Å². The van der Waals surface area contributed by atoms with Crippen molar-refractivity contribution in [3.8, 4) is 0 Å². The minimum atomic E-state index is -5.76. The van der Waals surface area contributed by atoms with Crippen LogP contribution in [0.4, 0.5) is 26.3 Å². The van der Waals surface area contributed by atoms with Crippen LogP contribution in [0.2, 0.25) is 0 Å². The highest BCUT2D eigenvalue weighted by Crippen LogP contribution is 2.66. The second kappa shape index (κ2) is 10.0. The zero-order valence-electron chi connectivity index (χ0n) is 23.6. The number of allylic oxidation sites excluding steroid dienone is 4. The molecule has 0 radical (unpaired) electrons. The molecular weight excluding hydrogens is 584 g/mol. The van der Waals surface area contributed by atoms with E-state index >= 15 is 0 Å². The first-order chi connectivity index (χ1) is 19.3. The molecule has 2 saturated carbocycles. The first-order valence-electron chi connectivity index (χ1n) is 14.2. The molecule has 1 aromatic carbocycles. The second-order valence-electron chi connectivity index (χ2n) is 12.9. The molecule has 7 atom stereocenters. The largest absolute Gasteiger partial charge is 0.534 e. The van der Waals surface area contributed by atoms with Crippen molar-refractivity contribution in [2.75, 3.05) is 0 Å². The highest BCUT2D eigenvalue weighted by atomic mass is 32.2. The molecule has 0 spiro atoms. The Morgan fingerprint density at radius 3 is 2.26 bits per heavy atom. The summed E-state index contributed by atoms with van der Waals surface area (Å²) < 4.78 is 109. The number of halogens is 6. The Morgan fingerprint density at radius 1 is 0.976 bits per heavy atom. The minimum absolute atomic E-state index is 0.0366. The van der Waals surface area contributed by atoms with Crippen molar-refractivity contribution in [1.29, 1.82) is 0 Å². The fraction of sp³-hybridized carbons (Fsp3) is 0.633. The molecule has 5 rings (SSSR count). The van der Waals surface area contributed by atoms with E-state index in [-0.39, 0.29) is 35.5 Å². The van der Waals surface area contributed by atoms with Gasteiger partial charge in [0.25, 0.3) is 0 Å². The molecule has 42 heavy (non-hydrogen) atoms. The molecule has 232 valence electrons. The van der Waals surface area contributed by atoms with Gasteiger partial charge in [0.05, 0.1) is 0 Å². The summed E-state index contributed by atoms with van der Waals surface area (Å²) in [5.74, 6) is -1.06. The molecular formula is C30H35F6NO4S. The van der Waals surface area contributed by atoms with E-state index in [9.17, 15) is 39.6 Å². The highest BCUT2D eigenvalue weighted by Gasteiger charge is 2.61. The predicted molar refractivity (Wildman–Crippen MR) is 143 cm³/mol. The summed E-state index contributed by atoms with van der Waals surface area (Å²) in [4.78, 5) is 13.6. The van der Waals surface area contributed by atoms with Crippen LogP contribution in [0.25, 0.3) is 0 Å². The monoisotopic (exact) mass is 619 g/mol. The van der Waals surface area contributed by atoms with E-state index < -0.39 is 50.0 Å². The summed E-state index contributed by atoms with van der Waals surface area (Å²) >= 11 is 0. The summed E-state index contributed by atoms with van der Waals surface area (Å²) in [6.07, 6.45) is 2.17. The lowest BCUT2D eigenvalue weighted by Gasteiger charge is -2.57. The molecule has 0 heterocycles. The maximum atomic E-state index is 14.3. The van der Waals surface area contributed by atoms with Crippen molar-refractivity contribution in [3.63, 3.8) is 0 Å². The summed E-state index contributed by atoms with van der Waals surface area (Å²) in [5.41, 5.74) is -8.26. The van der Waals surface area contributed by atoms with Crippen LogP contribution >= 0.6 is 0 Å². The molecule has 0 bridgehead atoms. The highest BCUT2D eigenvalue weighted by molar-refractivity contribution is 7.87. The van der Waals surface area contributed by atoms with Gasteiger partial charge in [-0.25, -0.2) is 0 Å². The fourth-order valence-corrected chi connectivity index (χ4v) is 8.90. The van der Waals surface area contributed by atoms with Gasteiger partial charge in [-0.15, -0.1) is 0 Å². The quantitative estimate of drug-likeness (QED) is 0.210. The smallest absolute Gasteiger partial charge is 0.381 e. The van der Waals surface area contributed by atoms with E-state index in [1.807, 2.05) is 19.9 Å². The number of amides is 1. The van der Waals surface area contributed by atoms with E-state index in [1.54, 1.807) is 6.07 Å². The number of benzene rings is 1. The van der Waals surface area contributed by atoms with Crippen LogP contribution in [-0.2, 0) is 24.6 Å². The molecule has 1 N–H and O–H groups in total. The number of carbonyl (C=O) groups is 1. The van der Waals surface area contributed by atoms with Crippen LogP contribution in [0.5, 0.6) is 0 Å². The van der Waals surface area contributed by atoms with Crippen molar-refractivity contribution >= 4 is 16.0 Å². The number of rotatable bonds is 5. The molecule has 1 amide bonds. The lowest BCUT2D eigenvalue weighted by Crippen LogP contribution is -2.57. The first-order valence-corrected chi connectivity index (χ1v) is 15.6. The van der Waals surface area contributed by atoms with Crippen molar-refractivity contribution in [1.82, 2.24) is 5.32 Å². The van der Waals surface area contributed by atoms with Crippen LogP contribution in [-0.4, -0.2) is 26.0 Å². The van der Waals surface area contributed by atoms with Crippen LogP contribution in [0, 0.1) is 34.5 Å². The van der Waals surface area contributed by atoms with E-state index in [4.69, 9.17) is 0 Å². The molecule has 5 nitrogen and oxygen atoms in total. The van der Waals surface area contributed by atoms with E-state index in [0.717, 1.165) is 12.5 Å². The second-order valence-corrected chi connectivity index (χ2v) is 14.5. The molecule has 0 aromatic heterocycles. The average Bonchev–Trinajstić information content (AvgIpc) is 3.25. The van der Waals surface area contributed by atoms with E-state index in [1.165, 1.54) is 30.3 Å².